The second-order valence-corrected chi connectivity index (χ2v) is 24.3. The smallest absolute Gasteiger partial charge is 0.120 e. The molecule has 370 valence electrons. The first-order valence-electron chi connectivity index (χ1n) is 25.6. The summed E-state index contributed by atoms with van der Waals surface area (Å²) in [7, 11) is 0. The molecule has 0 atom stereocenters. The topological polar surface area (TPSA) is 63.3 Å². The minimum absolute atomic E-state index is 0.0472. The molecule has 0 aliphatic carbocycles. The van der Waals surface area contributed by atoms with Crippen LogP contribution in [0.5, 0.6) is 0 Å². The fraction of sp³-hybridized carbons (Fsp3) is 0.262. The molecule has 1 aromatic heterocycles. The number of hydrogen-bond donors (Lipinski definition) is 1. The van der Waals surface area contributed by atoms with Gasteiger partial charge in [-0.15, -0.1) is 5.10 Å². The number of benzene rings is 8. The standard InChI is InChI=1S/C65H69N7S/c1-62(2,3)46-22-34-52(35-23-46)71(53-36-24-47(25-37-53)63(4,5)6)50-30-18-44(19-31-50)56-58-59(68-73-67-58)57(61-60(56)66-69-70(61)42-43-16-14-13-15-17-43)45-20-32-51(33-21-45)72(54-38-26-48(27-39-54)64(7,8)9)55-40-28-49(29-41-55)65(10,11)12/h13-41,68,73H,42H2,1-12H3. The molecule has 8 heteroatoms. The van der Waals surface area contributed by atoms with Crippen LogP contribution in [0.15, 0.2) is 176 Å². The molecule has 0 saturated carbocycles. The van der Waals surface area contributed by atoms with Crippen molar-refractivity contribution in [1.82, 2.24) is 15.0 Å². The van der Waals surface area contributed by atoms with Crippen molar-refractivity contribution in [3.8, 4) is 22.3 Å². The Morgan fingerprint density at radius 2 is 0.781 bits per heavy atom. The molecule has 0 fully saturated rings. The highest BCUT2D eigenvalue weighted by molar-refractivity contribution is 7.83. The molecule has 1 N–H and O–H groups in total. The van der Waals surface area contributed by atoms with Gasteiger partial charge in [0.1, 0.15) is 5.52 Å². The number of rotatable bonds is 10. The van der Waals surface area contributed by atoms with Crippen molar-refractivity contribution in [3.05, 3.63) is 208 Å². The van der Waals surface area contributed by atoms with E-state index in [4.69, 9.17) is 15.0 Å². The van der Waals surface area contributed by atoms with Gasteiger partial charge in [0.05, 0.1) is 17.7 Å². The highest BCUT2D eigenvalue weighted by atomic mass is 32.2. The van der Waals surface area contributed by atoms with E-state index in [1.54, 1.807) is 0 Å². The van der Waals surface area contributed by atoms with Crippen molar-refractivity contribution in [2.24, 2.45) is 0 Å². The van der Waals surface area contributed by atoms with Crippen molar-refractivity contribution in [1.29, 1.82) is 0 Å². The molecule has 0 amide bonds. The predicted molar refractivity (Wildman–Crippen MR) is 314 cm³/mol. The number of anilines is 7. The van der Waals surface area contributed by atoms with Crippen LogP contribution in [0.2, 0.25) is 0 Å². The van der Waals surface area contributed by atoms with Crippen molar-refractivity contribution < 1.29 is 0 Å². The Morgan fingerprint density at radius 1 is 0.438 bits per heavy atom. The zero-order valence-corrected chi connectivity index (χ0v) is 45.5. The van der Waals surface area contributed by atoms with Crippen LogP contribution in [0.1, 0.15) is 111 Å². The van der Waals surface area contributed by atoms with Crippen molar-refractivity contribution in [2.75, 3.05) is 14.5 Å². The summed E-state index contributed by atoms with van der Waals surface area (Å²) in [6, 6.07) is 64.4. The third-order valence-corrected chi connectivity index (χ3v) is 14.8. The Hall–Kier alpha value is -7.29. The second kappa shape index (κ2) is 19.0. The molecule has 0 unspecified atom stereocenters. The van der Waals surface area contributed by atoms with Gasteiger partial charge in [-0.3, -0.25) is 0 Å². The SMILES string of the molecule is CC(C)(C)c1ccc(N(c2ccc(-c3c4c(c(-c5ccc(N(c6ccc(C(C)(C)C)cc6)c6ccc(C(C)(C)C)cc6)cc5)c5c3nnn5Cc3ccccc3)N[SH+][N-]4)cc2)c2ccc(C(C)(C)C)cc2)cc1. The molecule has 9 aromatic rings. The lowest BCUT2D eigenvalue weighted by atomic mass is 9.86. The van der Waals surface area contributed by atoms with E-state index < -0.39 is 0 Å². The van der Waals surface area contributed by atoms with Crippen LogP contribution in [0.25, 0.3) is 38.0 Å². The summed E-state index contributed by atoms with van der Waals surface area (Å²) in [5, 5.41) is 9.97. The second-order valence-electron chi connectivity index (χ2n) is 23.7. The zero-order valence-electron chi connectivity index (χ0n) is 44.6. The fourth-order valence-electron chi connectivity index (χ4n) is 9.85. The van der Waals surface area contributed by atoms with E-state index >= 15 is 0 Å². The van der Waals surface area contributed by atoms with Gasteiger partial charge in [-0.2, -0.15) is 0 Å². The Kier molecular flexibility index (Phi) is 12.8. The van der Waals surface area contributed by atoms with Gasteiger partial charge in [0.15, 0.2) is 0 Å². The Labute approximate surface area is 438 Å². The molecular formula is C65H69N7S. The van der Waals surface area contributed by atoms with E-state index in [-0.39, 0.29) is 21.7 Å². The lowest BCUT2D eigenvalue weighted by molar-refractivity contribution is 0.590. The maximum Gasteiger partial charge on any atom is 0.120 e. The van der Waals surface area contributed by atoms with Crippen molar-refractivity contribution >= 4 is 68.7 Å². The minimum Gasteiger partial charge on any atom is -0.438 e. The van der Waals surface area contributed by atoms with E-state index in [1.165, 1.54) is 22.3 Å². The van der Waals surface area contributed by atoms with Gasteiger partial charge in [0.25, 0.3) is 0 Å². The monoisotopic (exact) mass is 980 g/mol. The Bertz CT molecular complexity index is 3250. The number of aromatic nitrogens is 3. The summed E-state index contributed by atoms with van der Waals surface area (Å²) >= 11 is 0.766. The minimum atomic E-state index is 0.0472. The molecule has 0 saturated heterocycles. The van der Waals surface area contributed by atoms with Gasteiger partial charge in [0, 0.05) is 57.4 Å². The van der Waals surface area contributed by atoms with E-state index in [0.717, 1.165) is 96.5 Å². The third-order valence-electron chi connectivity index (χ3n) is 14.2. The van der Waals surface area contributed by atoms with Crippen LogP contribution in [0.3, 0.4) is 0 Å². The highest BCUT2D eigenvalue weighted by Gasteiger charge is 2.28. The van der Waals surface area contributed by atoms with Gasteiger partial charge in [0.2, 0.25) is 0 Å². The Balaban J connectivity index is 1.09. The lowest BCUT2D eigenvalue weighted by Crippen LogP contribution is -2.14. The van der Waals surface area contributed by atoms with Gasteiger partial charge >= 0.3 is 0 Å². The van der Waals surface area contributed by atoms with Crippen molar-refractivity contribution in [3.63, 3.8) is 0 Å². The lowest BCUT2D eigenvalue weighted by Gasteiger charge is -2.28. The summed E-state index contributed by atoms with van der Waals surface area (Å²) < 4.78 is 10.9. The summed E-state index contributed by atoms with van der Waals surface area (Å²) in [5.74, 6) is 0. The number of fused-ring (bicyclic) bond motifs is 2. The van der Waals surface area contributed by atoms with E-state index in [0.29, 0.717) is 6.54 Å². The van der Waals surface area contributed by atoms with Crippen molar-refractivity contribution in [2.45, 2.75) is 111 Å². The molecule has 0 bridgehead atoms. The first-order chi connectivity index (χ1) is 34.7. The summed E-state index contributed by atoms with van der Waals surface area (Å²) in [6.07, 6.45) is 0. The molecule has 7 nitrogen and oxygen atoms in total. The molecule has 1 aliphatic rings. The van der Waals surface area contributed by atoms with Crippen LogP contribution >= 0.6 is 0 Å². The first kappa shape index (κ1) is 49.3. The number of hydrogen-bond acceptors (Lipinski definition) is 5. The summed E-state index contributed by atoms with van der Waals surface area (Å²) in [5.41, 5.74) is 20.8. The molecule has 0 radical (unpaired) electrons. The summed E-state index contributed by atoms with van der Waals surface area (Å²) in [6.45, 7) is 27.7. The average Bonchev–Trinajstić information content (AvgIpc) is 4.02. The number of thiol groups is 1. The van der Waals surface area contributed by atoms with Crippen LogP contribution in [-0.2, 0) is 40.3 Å². The van der Waals surface area contributed by atoms with Crippen LogP contribution in [-0.4, -0.2) is 15.0 Å². The molecular weight excluding hydrogens is 911 g/mol. The third kappa shape index (κ3) is 9.98. The van der Waals surface area contributed by atoms with Gasteiger partial charge in [-0.1, -0.05) is 197 Å². The molecule has 8 aromatic carbocycles. The van der Waals surface area contributed by atoms with E-state index in [1.807, 2.05) is 0 Å². The van der Waals surface area contributed by atoms with E-state index in [2.05, 4.69) is 278 Å². The highest BCUT2D eigenvalue weighted by Crippen LogP contribution is 2.54. The first-order valence-corrected chi connectivity index (χ1v) is 26.4. The number of nitrogens with zero attached hydrogens (tertiary/aromatic N) is 6. The molecule has 2 heterocycles. The predicted octanol–water partition coefficient (Wildman–Crippen LogP) is 18.0. The van der Waals surface area contributed by atoms with Crippen LogP contribution in [0.4, 0.5) is 45.5 Å². The van der Waals surface area contributed by atoms with Gasteiger partial charge < -0.3 is 14.5 Å². The van der Waals surface area contributed by atoms with E-state index in [9.17, 15) is 0 Å². The largest absolute Gasteiger partial charge is 0.438 e. The quantitative estimate of drug-likeness (QED) is 0.109. The molecule has 0 spiro atoms. The average molecular weight is 980 g/mol. The van der Waals surface area contributed by atoms with Crippen LogP contribution < -0.4 is 14.5 Å². The summed E-state index contributed by atoms with van der Waals surface area (Å²) in [4.78, 5) is 4.70. The van der Waals surface area contributed by atoms with Gasteiger partial charge in [-0.25, -0.2) is 9.40 Å². The molecule has 73 heavy (non-hydrogen) atoms. The fourth-order valence-corrected chi connectivity index (χ4v) is 10.5. The maximum atomic E-state index is 5.15. The van der Waals surface area contributed by atoms with Crippen LogP contribution in [0, 0.1) is 0 Å². The number of nitrogens with one attached hydrogen (secondary N) is 1. The maximum absolute atomic E-state index is 5.15. The van der Waals surface area contributed by atoms with Gasteiger partial charge in [-0.05, 0) is 133 Å². The molecule has 1 aliphatic heterocycles. The molecule has 10 rings (SSSR count). The zero-order chi connectivity index (χ0) is 51.5. The Morgan fingerprint density at radius 3 is 1.14 bits per heavy atom. The normalized spacial score (nSPS) is 12.9.